The minimum absolute atomic E-state index is 0.750. The number of hydrogen-bond acceptors (Lipinski definition) is 4. The molecule has 126 valence electrons. The molecule has 0 amide bonds. The van der Waals surface area contributed by atoms with E-state index in [-0.39, 0.29) is 0 Å². The van der Waals surface area contributed by atoms with Gasteiger partial charge in [-0.2, -0.15) is 9.46 Å². The molecule has 0 aliphatic rings. The minimum Gasteiger partial charge on any atom is -0.619 e. The van der Waals surface area contributed by atoms with E-state index < -0.39 is 0 Å². The minimum atomic E-state index is 0.750. The Hall–Kier alpha value is -1.40. The first-order chi connectivity index (χ1) is 10.7. The SMILES string of the molecule is CC.CC.CSSC.[O-][n+]1ccccc1.[O-][n+]1ccccc1. The van der Waals surface area contributed by atoms with Crippen molar-refractivity contribution in [2.75, 3.05) is 12.5 Å². The molecule has 6 heteroatoms. The van der Waals surface area contributed by atoms with E-state index in [0.29, 0.717) is 0 Å². The largest absolute Gasteiger partial charge is 0.619 e. The Bertz CT molecular complexity index is 350. The van der Waals surface area contributed by atoms with Gasteiger partial charge in [-0.05, 0) is 12.5 Å². The molecule has 0 aromatic carbocycles. The van der Waals surface area contributed by atoms with Gasteiger partial charge in [0.2, 0.25) is 0 Å². The Morgan fingerprint density at radius 3 is 0.864 bits per heavy atom. The standard InChI is InChI=1S/2C5H5NO.C2H6S2.2C2H6/c2*7-6-4-2-1-3-5-6;1-3-4-2;2*1-2/h2*1-5H;1-2H3;2*1-2H3. The van der Waals surface area contributed by atoms with E-state index >= 15 is 0 Å². The number of aromatic nitrogens is 2. The molecule has 0 fully saturated rings. The van der Waals surface area contributed by atoms with Crippen LogP contribution in [-0.4, -0.2) is 12.5 Å². The van der Waals surface area contributed by atoms with E-state index in [9.17, 15) is 10.4 Å². The van der Waals surface area contributed by atoms with E-state index in [1.54, 1.807) is 58.0 Å². The predicted molar refractivity (Wildman–Crippen MR) is 101 cm³/mol. The van der Waals surface area contributed by atoms with Crippen molar-refractivity contribution in [1.29, 1.82) is 0 Å². The lowest BCUT2D eigenvalue weighted by molar-refractivity contribution is -0.605. The van der Waals surface area contributed by atoms with E-state index in [2.05, 4.69) is 12.5 Å². The fourth-order valence-electron chi connectivity index (χ4n) is 0.766. The molecule has 0 unspecified atom stereocenters. The number of hydrogen-bond donors (Lipinski definition) is 0. The Balaban J connectivity index is -0.000000228. The smallest absolute Gasteiger partial charge is 0.180 e. The monoisotopic (exact) mass is 344 g/mol. The Kier molecular flexibility index (Phi) is 28.6. The average Bonchev–Trinajstić information content (AvgIpc) is 2.61. The summed E-state index contributed by atoms with van der Waals surface area (Å²) in [4.78, 5) is 0. The number of rotatable bonds is 1. The van der Waals surface area contributed by atoms with Crippen LogP contribution in [0.3, 0.4) is 0 Å². The summed E-state index contributed by atoms with van der Waals surface area (Å²) < 4.78 is 1.50. The van der Waals surface area contributed by atoms with Gasteiger partial charge in [-0.1, -0.05) is 61.4 Å². The number of nitrogens with zero attached hydrogens (tertiary/aromatic N) is 2. The van der Waals surface area contributed by atoms with Crippen molar-refractivity contribution >= 4 is 21.6 Å². The quantitative estimate of drug-likeness (QED) is 0.439. The molecule has 0 radical (unpaired) electrons. The summed E-state index contributed by atoms with van der Waals surface area (Å²) >= 11 is 0. The summed E-state index contributed by atoms with van der Waals surface area (Å²) in [7, 11) is 3.55. The second-order valence-corrected chi connectivity index (χ2v) is 5.47. The van der Waals surface area contributed by atoms with Crippen LogP contribution in [0.25, 0.3) is 0 Å². The molecule has 0 aliphatic heterocycles. The summed E-state index contributed by atoms with van der Waals surface area (Å²) in [6.07, 6.45) is 9.90. The molecule has 0 aliphatic carbocycles. The van der Waals surface area contributed by atoms with E-state index in [0.717, 1.165) is 9.46 Å². The Labute approximate surface area is 143 Å². The third-order valence-electron chi connectivity index (χ3n) is 1.54. The summed E-state index contributed by atoms with van der Waals surface area (Å²) in [5, 5.41) is 20.4. The molecule has 2 aromatic heterocycles. The van der Waals surface area contributed by atoms with Crippen LogP contribution < -0.4 is 9.46 Å². The van der Waals surface area contributed by atoms with Crippen LogP contribution in [0, 0.1) is 10.4 Å². The summed E-state index contributed by atoms with van der Waals surface area (Å²) in [5.74, 6) is 0. The second kappa shape index (κ2) is 24.6. The van der Waals surface area contributed by atoms with Crippen LogP contribution in [0.4, 0.5) is 0 Å². The van der Waals surface area contributed by atoms with Crippen LogP contribution in [0.1, 0.15) is 27.7 Å². The molecule has 0 N–H and O–H groups in total. The van der Waals surface area contributed by atoms with Gasteiger partial charge in [0, 0.05) is 24.3 Å². The molecule has 0 atom stereocenters. The normalized spacial score (nSPS) is 7.36. The van der Waals surface area contributed by atoms with Gasteiger partial charge in [-0.3, -0.25) is 0 Å². The lowest BCUT2D eigenvalue weighted by Crippen LogP contribution is -2.22. The van der Waals surface area contributed by atoms with Crippen molar-refractivity contribution in [3.63, 3.8) is 0 Å². The molecule has 0 bridgehead atoms. The van der Waals surface area contributed by atoms with Crippen molar-refractivity contribution in [3.05, 3.63) is 71.6 Å². The third kappa shape index (κ3) is 23.7. The highest BCUT2D eigenvalue weighted by atomic mass is 33.1. The summed E-state index contributed by atoms with van der Waals surface area (Å²) in [6, 6.07) is 10.4. The number of pyridine rings is 2. The van der Waals surface area contributed by atoms with Gasteiger partial charge >= 0.3 is 0 Å². The van der Waals surface area contributed by atoms with Gasteiger partial charge < -0.3 is 10.4 Å². The zero-order chi connectivity index (χ0) is 17.6. The molecular formula is C16H28N2O2S2. The van der Waals surface area contributed by atoms with Crippen molar-refractivity contribution in [2.45, 2.75) is 27.7 Å². The average molecular weight is 345 g/mol. The highest BCUT2D eigenvalue weighted by molar-refractivity contribution is 8.76. The second-order valence-electron chi connectivity index (χ2n) is 2.80. The molecule has 4 nitrogen and oxygen atoms in total. The molecule has 0 saturated carbocycles. The molecule has 22 heavy (non-hydrogen) atoms. The molecule has 0 spiro atoms. The van der Waals surface area contributed by atoms with Crippen molar-refractivity contribution in [1.82, 2.24) is 0 Å². The van der Waals surface area contributed by atoms with Gasteiger partial charge in [0.15, 0.2) is 24.8 Å². The van der Waals surface area contributed by atoms with Crippen LogP contribution in [0.5, 0.6) is 0 Å². The van der Waals surface area contributed by atoms with E-state index in [4.69, 9.17) is 0 Å². The van der Waals surface area contributed by atoms with Crippen molar-refractivity contribution in [3.8, 4) is 0 Å². The fraction of sp³-hybridized carbons (Fsp3) is 0.375. The van der Waals surface area contributed by atoms with Crippen LogP contribution in [-0.2, 0) is 0 Å². The van der Waals surface area contributed by atoms with Crippen molar-refractivity contribution < 1.29 is 9.46 Å². The lowest BCUT2D eigenvalue weighted by atomic mass is 10.5. The van der Waals surface area contributed by atoms with Crippen molar-refractivity contribution in [2.24, 2.45) is 0 Å². The molecule has 0 saturated heterocycles. The lowest BCUT2D eigenvalue weighted by Gasteiger charge is -1.88. The molecular weight excluding hydrogens is 316 g/mol. The van der Waals surface area contributed by atoms with Gasteiger partial charge in [-0.25, -0.2) is 0 Å². The zero-order valence-electron chi connectivity index (χ0n) is 14.3. The predicted octanol–water partition coefficient (Wildman–Crippen LogP) is 4.32. The Morgan fingerprint density at radius 2 is 0.773 bits per heavy atom. The van der Waals surface area contributed by atoms with Crippen LogP contribution in [0.15, 0.2) is 61.2 Å². The van der Waals surface area contributed by atoms with Gasteiger partial charge in [0.1, 0.15) is 0 Å². The molecule has 2 aromatic rings. The highest BCUT2D eigenvalue weighted by Gasteiger charge is 1.75. The van der Waals surface area contributed by atoms with Crippen LogP contribution in [0.2, 0.25) is 0 Å². The highest BCUT2D eigenvalue weighted by Crippen LogP contribution is 2.09. The maximum absolute atomic E-state index is 10.2. The van der Waals surface area contributed by atoms with E-state index in [1.807, 2.05) is 27.7 Å². The summed E-state index contributed by atoms with van der Waals surface area (Å²) in [5.41, 5.74) is 0. The first-order valence-electron chi connectivity index (χ1n) is 7.05. The topological polar surface area (TPSA) is 53.9 Å². The third-order valence-corrected chi connectivity index (χ3v) is 2.88. The van der Waals surface area contributed by atoms with Gasteiger partial charge in [0.25, 0.3) is 0 Å². The maximum atomic E-state index is 10.2. The molecule has 2 heterocycles. The molecule has 2 rings (SSSR count). The first kappa shape index (κ1) is 25.5. The maximum Gasteiger partial charge on any atom is 0.180 e. The first-order valence-corrected chi connectivity index (χ1v) is 10.0. The summed E-state index contributed by atoms with van der Waals surface area (Å²) in [6.45, 7) is 8.00. The van der Waals surface area contributed by atoms with E-state index in [1.165, 1.54) is 24.8 Å². The van der Waals surface area contributed by atoms with Crippen LogP contribution >= 0.6 is 21.6 Å². The fourth-order valence-corrected chi connectivity index (χ4v) is 0.766. The zero-order valence-corrected chi connectivity index (χ0v) is 15.9. The van der Waals surface area contributed by atoms with Gasteiger partial charge in [-0.15, -0.1) is 0 Å². The van der Waals surface area contributed by atoms with Gasteiger partial charge in [0.05, 0.1) is 0 Å². The Morgan fingerprint density at radius 1 is 0.545 bits per heavy atom.